The van der Waals surface area contributed by atoms with Crippen LogP contribution in [-0.2, 0) is 0 Å². The van der Waals surface area contributed by atoms with Gasteiger partial charge < -0.3 is 4.74 Å². The Morgan fingerprint density at radius 1 is 1.50 bits per heavy atom. The van der Waals surface area contributed by atoms with E-state index in [0.717, 1.165) is 0 Å². The van der Waals surface area contributed by atoms with Crippen molar-refractivity contribution in [2.75, 3.05) is 7.11 Å². The Hall–Kier alpha value is -1.62. The number of carbonyl (C=O) groups excluding carboxylic acids is 1. The maximum atomic E-state index is 10.5. The first-order valence-corrected chi connectivity index (χ1v) is 3.47. The zero-order chi connectivity index (χ0) is 9.84. The van der Waals surface area contributed by atoms with Crippen LogP contribution in [0.1, 0.15) is 10.4 Å². The average molecular weight is 218 g/mol. The van der Waals surface area contributed by atoms with Gasteiger partial charge in [-0.25, -0.2) is 0 Å². The SMILES string of the molecule is COc1cccc(C=O)c1[N+](=O)[O-].Cl. The summed E-state index contributed by atoms with van der Waals surface area (Å²) < 4.78 is 4.75. The van der Waals surface area contributed by atoms with E-state index in [4.69, 9.17) is 4.74 Å². The highest BCUT2D eigenvalue weighted by atomic mass is 35.5. The van der Waals surface area contributed by atoms with Crippen LogP contribution in [0, 0.1) is 10.1 Å². The smallest absolute Gasteiger partial charge is 0.321 e. The molecule has 1 aromatic rings. The van der Waals surface area contributed by atoms with Crippen LogP contribution in [-0.4, -0.2) is 18.3 Å². The molecule has 0 N–H and O–H groups in total. The van der Waals surface area contributed by atoms with Crippen LogP contribution in [0.5, 0.6) is 5.75 Å². The number of hydrogen-bond acceptors (Lipinski definition) is 4. The van der Waals surface area contributed by atoms with Crippen LogP contribution < -0.4 is 4.74 Å². The molecular formula is C8H8ClNO4. The van der Waals surface area contributed by atoms with Crippen LogP contribution in [0.2, 0.25) is 0 Å². The number of carbonyl (C=O) groups is 1. The predicted octanol–water partition coefficient (Wildman–Crippen LogP) is 1.84. The monoisotopic (exact) mass is 217 g/mol. The summed E-state index contributed by atoms with van der Waals surface area (Å²) in [6.07, 6.45) is 0.431. The molecule has 0 atom stereocenters. The normalized spacial score (nSPS) is 8.64. The summed E-state index contributed by atoms with van der Waals surface area (Å²) >= 11 is 0. The van der Waals surface area contributed by atoms with Crippen molar-refractivity contribution in [2.24, 2.45) is 0 Å². The number of aldehydes is 1. The van der Waals surface area contributed by atoms with Crippen LogP contribution in [0.4, 0.5) is 5.69 Å². The maximum Gasteiger partial charge on any atom is 0.321 e. The second kappa shape index (κ2) is 5.18. The first-order chi connectivity index (χ1) is 6.20. The Kier molecular flexibility index (Phi) is 4.58. The Labute approximate surface area is 86.2 Å². The molecule has 76 valence electrons. The number of nitro benzene ring substituents is 1. The highest BCUT2D eigenvalue weighted by Crippen LogP contribution is 2.28. The van der Waals surface area contributed by atoms with Gasteiger partial charge in [-0.2, -0.15) is 0 Å². The number of methoxy groups -OCH3 is 1. The maximum absolute atomic E-state index is 10.5. The van der Waals surface area contributed by atoms with E-state index in [2.05, 4.69) is 0 Å². The molecule has 0 heterocycles. The van der Waals surface area contributed by atoms with E-state index in [-0.39, 0.29) is 29.4 Å². The summed E-state index contributed by atoms with van der Waals surface area (Å²) in [6.45, 7) is 0. The third kappa shape index (κ3) is 2.20. The highest BCUT2D eigenvalue weighted by molar-refractivity contribution is 5.85. The topological polar surface area (TPSA) is 69.4 Å². The third-order valence-corrected chi connectivity index (χ3v) is 1.56. The van der Waals surface area contributed by atoms with Gasteiger partial charge in [-0.15, -0.1) is 12.4 Å². The fourth-order valence-electron chi connectivity index (χ4n) is 0.995. The number of nitro groups is 1. The van der Waals surface area contributed by atoms with Crippen molar-refractivity contribution in [3.8, 4) is 5.75 Å². The summed E-state index contributed by atoms with van der Waals surface area (Å²) in [6, 6.07) is 4.33. The number of rotatable bonds is 3. The first-order valence-electron chi connectivity index (χ1n) is 3.47. The summed E-state index contributed by atoms with van der Waals surface area (Å²) in [5.41, 5.74) is -0.274. The summed E-state index contributed by atoms with van der Waals surface area (Å²) in [5.74, 6) is 0.0922. The van der Waals surface area contributed by atoms with E-state index in [1.54, 1.807) is 0 Å². The standard InChI is InChI=1S/C8H7NO4.ClH/c1-13-7-4-2-3-6(5-10)8(7)9(11)12;/h2-5H,1H3;1H. The van der Waals surface area contributed by atoms with Crippen LogP contribution in [0.15, 0.2) is 18.2 Å². The number of para-hydroxylation sites is 1. The molecule has 0 aliphatic heterocycles. The van der Waals surface area contributed by atoms with Gasteiger partial charge in [-0.1, -0.05) is 6.07 Å². The lowest BCUT2D eigenvalue weighted by Gasteiger charge is -2.01. The van der Waals surface area contributed by atoms with Gasteiger partial charge in [0, 0.05) is 0 Å². The average Bonchev–Trinajstić information content (AvgIpc) is 2.16. The molecule has 0 radical (unpaired) electrons. The van der Waals surface area contributed by atoms with Crippen molar-refractivity contribution in [3.63, 3.8) is 0 Å². The molecule has 0 aliphatic carbocycles. The van der Waals surface area contributed by atoms with Gasteiger partial charge in [-0.05, 0) is 12.1 Å². The molecule has 0 aliphatic rings. The zero-order valence-corrected chi connectivity index (χ0v) is 8.11. The Balaban J connectivity index is 0.00000169. The van der Waals surface area contributed by atoms with Crippen molar-refractivity contribution in [1.29, 1.82) is 0 Å². The molecule has 6 heteroatoms. The van der Waals surface area contributed by atoms with Gasteiger partial charge in [0.1, 0.15) is 0 Å². The van der Waals surface area contributed by atoms with Crippen LogP contribution in [0.3, 0.4) is 0 Å². The molecular weight excluding hydrogens is 210 g/mol. The Morgan fingerprint density at radius 2 is 2.14 bits per heavy atom. The molecule has 0 unspecified atom stereocenters. The fraction of sp³-hybridized carbons (Fsp3) is 0.125. The minimum Gasteiger partial charge on any atom is -0.490 e. The number of halogens is 1. The summed E-state index contributed by atoms with van der Waals surface area (Å²) in [4.78, 5) is 20.3. The van der Waals surface area contributed by atoms with Crippen molar-refractivity contribution in [2.45, 2.75) is 0 Å². The van der Waals surface area contributed by atoms with Gasteiger partial charge in [0.05, 0.1) is 17.6 Å². The molecule has 0 amide bonds. The van der Waals surface area contributed by atoms with Crippen molar-refractivity contribution < 1.29 is 14.5 Å². The molecule has 0 bridgehead atoms. The van der Waals surface area contributed by atoms with Crippen LogP contribution in [0.25, 0.3) is 0 Å². The van der Waals surface area contributed by atoms with Gasteiger partial charge in [-0.3, -0.25) is 14.9 Å². The molecule has 14 heavy (non-hydrogen) atoms. The van der Waals surface area contributed by atoms with E-state index in [9.17, 15) is 14.9 Å². The first kappa shape index (κ1) is 12.4. The quantitative estimate of drug-likeness (QED) is 0.440. The minimum atomic E-state index is -0.636. The third-order valence-electron chi connectivity index (χ3n) is 1.56. The highest BCUT2D eigenvalue weighted by Gasteiger charge is 2.19. The predicted molar refractivity (Wildman–Crippen MR) is 52.3 cm³/mol. The number of benzene rings is 1. The summed E-state index contributed by atoms with van der Waals surface area (Å²) in [7, 11) is 1.32. The van der Waals surface area contributed by atoms with Crippen molar-refractivity contribution in [1.82, 2.24) is 0 Å². The lowest BCUT2D eigenvalue weighted by Crippen LogP contribution is -1.97. The van der Waals surface area contributed by atoms with E-state index >= 15 is 0 Å². The second-order valence-corrected chi connectivity index (χ2v) is 2.27. The fourth-order valence-corrected chi connectivity index (χ4v) is 0.995. The van der Waals surface area contributed by atoms with E-state index in [1.807, 2.05) is 0 Å². The molecule has 1 aromatic carbocycles. The van der Waals surface area contributed by atoms with E-state index in [1.165, 1.54) is 25.3 Å². The van der Waals surface area contributed by atoms with E-state index < -0.39 is 4.92 Å². The Morgan fingerprint density at radius 3 is 2.57 bits per heavy atom. The van der Waals surface area contributed by atoms with Gasteiger partial charge in [0.2, 0.25) is 0 Å². The minimum absolute atomic E-state index is 0. The number of hydrogen-bond donors (Lipinski definition) is 0. The lowest BCUT2D eigenvalue weighted by molar-refractivity contribution is -0.386. The molecule has 0 saturated heterocycles. The van der Waals surface area contributed by atoms with Crippen molar-refractivity contribution >= 4 is 24.4 Å². The van der Waals surface area contributed by atoms with E-state index in [0.29, 0.717) is 6.29 Å². The van der Waals surface area contributed by atoms with Gasteiger partial charge in [0.25, 0.3) is 0 Å². The van der Waals surface area contributed by atoms with Gasteiger partial charge >= 0.3 is 5.69 Å². The number of ether oxygens (including phenoxy) is 1. The molecule has 0 aromatic heterocycles. The molecule has 0 spiro atoms. The van der Waals surface area contributed by atoms with Crippen molar-refractivity contribution in [3.05, 3.63) is 33.9 Å². The molecule has 0 fully saturated rings. The molecule has 5 nitrogen and oxygen atoms in total. The lowest BCUT2D eigenvalue weighted by atomic mass is 10.2. The molecule has 0 saturated carbocycles. The largest absolute Gasteiger partial charge is 0.490 e. The summed E-state index contributed by atoms with van der Waals surface area (Å²) in [5, 5.41) is 10.5. The number of nitrogens with zero attached hydrogens (tertiary/aromatic N) is 1. The van der Waals surface area contributed by atoms with Gasteiger partial charge in [0.15, 0.2) is 12.0 Å². The second-order valence-electron chi connectivity index (χ2n) is 2.27. The van der Waals surface area contributed by atoms with Crippen LogP contribution >= 0.6 is 12.4 Å². The zero-order valence-electron chi connectivity index (χ0n) is 7.30. The molecule has 1 rings (SSSR count). The Bertz CT molecular complexity index is 353.